The summed E-state index contributed by atoms with van der Waals surface area (Å²) in [6.07, 6.45) is 0.878. The molecule has 14 heavy (non-hydrogen) atoms. The van der Waals surface area contributed by atoms with E-state index in [0.29, 0.717) is 5.58 Å². The summed E-state index contributed by atoms with van der Waals surface area (Å²) in [4.78, 5) is 13.7. The Labute approximate surface area is 80.9 Å². The third-order valence-electron chi connectivity index (χ3n) is 2.19. The third kappa shape index (κ3) is 1.56. The van der Waals surface area contributed by atoms with Gasteiger partial charge in [-0.1, -0.05) is 12.1 Å². The number of H-pyrrole nitrogens is 1. The van der Waals surface area contributed by atoms with Crippen molar-refractivity contribution in [3.63, 3.8) is 0 Å². The normalized spacial score (nSPS) is 10.9. The van der Waals surface area contributed by atoms with Gasteiger partial charge in [-0.25, -0.2) is 4.79 Å². The fourth-order valence-corrected chi connectivity index (χ4v) is 1.50. The van der Waals surface area contributed by atoms with Crippen molar-refractivity contribution in [1.82, 2.24) is 10.3 Å². The first-order valence-electron chi connectivity index (χ1n) is 4.56. The maximum absolute atomic E-state index is 11.0. The van der Waals surface area contributed by atoms with E-state index in [1.54, 1.807) is 6.07 Å². The largest absolute Gasteiger partial charge is 0.417 e. The molecule has 0 amide bonds. The van der Waals surface area contributed by atoms with Crippen molar-refractivity contribution in [2.45, 2.75) is 6.42 Å². The van der Waals surface area contributed by atoms with Crippen molar-refractivity contribution in [3.8, 4) is 0 Å². The van der Waals surface area contributed by atoms with Crippen LogP contribution in [0.3, 0.4) is 0 Å². The highest BCUT2D eigenvalue weighted by molar-refractivity contribution is 5.75. The summed E-state index contributed by atoms with van der Waals surface area (Å²) in [5, 5.41) is 3.07. The van der Waals surface area contributed by atoms with Crippen LogP contribution in [0.4, 0.5) is 0 Å². The summed E-state index contributed by atoms with van der Waals surface area (Å²) < 4.78 is 4.96. The monoisotopic (exact) mass is 192 g/mol. The van der Waals surface area contributed by atoms with E-state index < -0.39 is 5.76 Å². The summed E-state index contributed by atoms with van der Waals surface area (Å²) >= 11 is 0. The second-order valence-electron chi connectivity index (χ2n) is 3.16. The van der Waals surface area contributed by atoms with Crippen molar-refractivity contribution in [3.05, 3.63) is 34.3 Å². The number of benzene rings is 1. The van der Waals surface area contributed by atoms with Gasteiger partial charge in [-0.3, -0.25) is 4.98 Å². The maximum Gasteiger partial charge on any atom is 0.417 e. The Morgan fingerprint density at radius 3 is 3.14 bits per heavy atom. The number of aromatic nitrogens is 1. The number of aromatic amines is 1. The fraction of sp³-hybridized carbons (Fsp3) is 0.300. The molecule has 0 saturated carbocycles. The molecule has 1 aromatic heterocycles. The molecule has 0 unspecified atom stereocenters. The van der Waals surface area contributed by atoms with Crippen molar-refractivity contribution < 1.29 is 4.42 Å². The summed E-state index contributed by atoms with van der Waals surface area (Å²) in [6, 6.07) is 5.67. The lowest BCUT2D eigenvalue weighted by molar-refractivity contribution is 0.555. The first-order valence-corrected chi connectivity index (χ1v) is 4.56. The van der Waals surface area contributed by atoms with Crippen LogP contribution in [-0.4, -0.2) is 18.6 Å². The molecule has 0 aliphatic heterocycles. The molecule has 2 rings (SSSR count). The number of para-hydroxylation sites is 1. The molecule has 2 N–H and O–H groups in total. The quantitative estimate of drug-likeness (QED) is 0.759. The number of likely N-dealkylation sites (N-methyl/N-ethyl adjacent to an activating group) is 1. The highest BCUT2D eigenvalue weighted by Gasteiger charge is 2.04. The molecule has 0 bridgehead atoms. The summed E-state index contributed by atoms with van der Waals surface area (Å²) in [6.45, 7) is 0.881. The molecule has 0 atom stereocenters. The van der Waals surface area contributed by atoms with Crippen molar-refractivity contribution >= 4 is 11.1 Å². The zero-order chi connectivity index (χ0) is 9.97. The lowest BCUT2D eigenvalue weighted by Gasteiger charge is -2.00. The summed E-state index contributed by atoms with van der Waals surface area (Å²) in [7, 11) is 1.90. The van der Waals surface area contributed by atoms with E-state index in [4.69, 9.17) is 4.42 Å². The van der Waals surface area contributed by atoms with Crippen LogP contribution in [0.1, 0.15) is 5.56 Å². The first-order chi connectivity index (χ1) is 6.81. The van der Waals surface area contributed by atoms with Gasteiger partial charge in [-0.15, -0.1) is 0 Å². The number of rotatable bonds is 3. The second-order valence-corrected chi connectivity index (χ2v) is 3.16. The molecule has 0 spiro atoms. The maximum atomic E-state index is 11.0. The van der Waals surface area contributed by atoms with Crippen LogP contribution in [-0.2, 0) is 6.42 Å². The van der Waals surface area contributed by atoms with Gasteiger partial charge in [0.25, 0.3) is 0 Å². The van der Waals surface area contributed by atoms with Gasteiger partial charge in [-0.2, -0.15) is 0 Å². The Morgan fingerprint density at radius 1 is 1.50 bits per heavy atom. The van der Waals surface area contributed by atoms with Crippen LogP contribution in [0.2, 0.25) is 0 Å². The van der Waals surface area contributed by atoms with Gasteiger partial charge in [0.1, 0.15) is 0 Å². The van der Waals surface area contributed by atoms with Crippen molar-refractivity contribution in [1.29, 1.82) is 0 Å². The summed E-state index contributed by atoms with van der Waals surface area (Å²) in [5.74, 6) is -0.392. The van der Waals surface area contributed by atoms with Crippen LogP contribution < -0.4 is 11.1 Å². The molecule has 2 aromatic rings. The molecule has 74 valence electrons. The first kappa shape index (κ1) is 9.02. The average Bonchev–Trinajstić information content (AvgIpc) is 2.55. The highest BCUT2D eigenvalue weighted by atomic mass is 16.4. The molecule has 0 aliphatic rings. The number of fused-ring (bicyclic) bond motifs is 1. The molecule has 4 heteroatoms. The SMILES string of the molecule is CNCCc1cccc2oc(=O)[nH]c12. The lowest BCUT2D eigenvalue weighted by atomic mass is 10.1. The molecule has 0 aliphatic carbocycles. The van der Waals surface area contributed by atoms with Crippen LogP contribution in [0, 0.1) is 0 Å². The van der Waals surface area contributed by atoms with Crippen molar-refractivity contribution in [2.24, 2.45) is 0 Å². The van der Waals surface area contributed by atoms with Gasteiger partial charge in [0, 0.05) is 0 Å². The molecule has 0 saturated heterocycles. The molecular weight excluding hydrogens is 180 g/mol. The van der Waals surface area contributed by atoms with Crippen LogP contribution >= 0.6 is 0 Å². The van der Waals surface area contributed by atoms with Crippen LogP contribution in [0.15, 0.2) is 27.4 Å². The number of oxazole rings is 1. The van der Waals surface area contributed by atoms with Gasteiger partial charge in [0.05, 0.1) is 5.52 Å². The molecule has 0 fully saturated rings. The van der Waals surface area contributed by atoms with Gasteiger partial charge >= 0.3 is 5.76 Å². The zero-order valence-corrected chi connectivity index (χ0v) is 7.96. The number of hydrogen-bond acceptors (Lipinski definition) is 3. The molecule has 1 aromatic carbocycles. The Balaban J connectivity index is 2.47. The Kier molecular flexibility index (Phi) is 2.37. The number of nitrogens with one attached hydrogen (secondary N) is 2. The minimum absolute atomic E-state index is 0.392. The van der Waals surface area contributed by atoms with Crippen molar-refractivity contribution in [2.75, 3.05) is 13.6 Å². The minimum Gasteiger partial charge on any atom is -0.408 e. The predicted molar refractivity (Wildman–Crippen MR) is 54.5 cm³/mol. The standard InChI is InChI=1S/C10H12N2O2/c1-11-6-5-7-3-2-4-8-9(7)12-10(13)14-8/h2-4,11H,5-6H2,1H3,(H,12,13). The Morgan fingerprint density at radius 2 is 2.36 bits per heavy atom. The van der Waals surface area contributed by atoms with E-state index in [1.165, 1.54) is 0 Å². The zero-order valence-electron chi connectivity index (χ0n) is 7.96. The molecule has 0 radical (unpaired) electrons. The van der Waals surface area contributed by atoms with E-state index >= 15 is 0 Å². The lowest BCUT2D eigenvalue weighted by Crippen LogP contribution is -2.10. The smallest absolute Gasteiger partial charge is 0.408 e. The average molecular weight is 192 g/mol. The third-order valence-corrected chi connectivity index (χ3v) is 2.19. The van der Waals surface area contributed by atoms with Gasteiger partial charge < -0.3 is 9.73 Å². The van der Waals surface area contributed by atoms with E-state index in [0.717, 1.165) is 24.0 Å². The van der Waals surface area contributed by atoms with Gasteiger partial charge in [0.2, 0.25) is 0 Å². The second kappa shape index (κ2) is 3.67. The van der Waals surface area contributed by atoms with E-state index in [2.05, 4.69) is 10.3 Å². The Hall–Kier alpha value is -1.55. The highest BCUT2D eigenvalue weighted by Crippen LogP contribution is 2.14. The molecular formula is C10H12N2O2. The fourth-order valence-electron chi connectivity index (χ4n) is 1.50. The van der Waals surface area contributed by atoms with E-state index in [-0.39, 0.29) is 0 Å². The Bertz CT molecular complexity index is 484. The van der Waals surface area contributed by atoms with Gasteiger partial charge in [-0.05, 0) is 31.6 Å². The predicted octanol–water partition coefficient (Wildman–Crippen LogP) is 0.883. The molecule has 4 nitrogen and oxygen atoms in total. The number of hydrogen-bond donors (Lipinski definition) is 2. The summed E-state index contributed by atoms with van der Waals surface area (Å²) in [5.41, 5.74) is 2.54. The topological polar surface area (TPSA) is 58.0 Å². The molecule has 1 heterocycles. The van der Waals surface area contributed by atoms with E-state index in [9.17, 15) is 4.79 Å². The minimum atomic E-state index is -0.392. The van der Waals surface area contributed by atoms with Gasteiger partial charge in [0.15, 0.2) is 5.58 Å². The van der Waals surface area contributed by atoms with E-state index in [1.807, 2.05) is 19.2 Å². The van der Waals surface area contributed by atoms with Crippen LogP contribution in [0.25, 0.3) is 11.1 Å². The van der Waals surface area contributed by atoms with Crippen LogP contribution in [0.5, 0.6) is 0 Å².